The monoisotopic (exact) mass is 461 g/mol. The molecule has 152 valence electrons. The molecule has 4 aromatic rings. The third-order valence-corrected chi connectivity index (χ3v) is 5.02. The lowest BCUT2D eigenvalue weighted by Crippen LogP contribution is -2.20. The number of fused-ring (bicyclic) bond motifs is 1. The van der Waals surface area contributed by atoms with E-state index in [1.165, 1.54) is 0 Å². The topological polar surface area (TPSA) is 77.2 Å². The summed E-state index contributed by atoms with van der Waals surface area (Å²) in [5.74, 6) is 0.351. The van der Waals surface area contributed by atoms with Gasteiger partial charge in [-0.1, -0.05) is 34.8 Å². The molecule has 2 aromatic carbocycles. The Bertz CT molecular complexity index is 1200. The molecule has 0 spiro atoms. The first-order valence-electron chi connectivity index (χ1n) is 8.80. The summed E-state index contributed by atoms with van der Waals surface area (Å²) in [5.41, 5.74) is 2.80. The number of benzene rings is 2. The Hall–Kier alpha value is -2.80. The number of ether oxygens (including phenoxy) is 1. The maximum Gasteiger partial charge on any atom is 0.262 e. The molecule has 0 unspecified atom stereocenters. The van der Waals surface area contributed by atoms with Crippen LogP contribution < -0.4 is 10.1 Å². The van der Waals surface area contributed by atoms with Gasteiger partial charge in [0, 0.05) is 16.9 Å². The molecule has 2 aromatic heterocycles. The quantitative estimate of drug-likeness (QED) is 0.383. The molecule has 6 nitrogen and oxygen atoms in total. The molecule has 0 aliphatic carbocycles. The van der Waals surface area contributed by atoms with Gasteiger partial charge in [-0.05, 0) is 55.0 Å². The number of anilines is 1. The molecule has 1 N–H and O–H groups in total. The summed E-state index contributed by atoms with van der Waals surface area (Å²) in [4.78, 5) is 20.9. The highest BCUT2D eigenvalue weighted by Crippen LogP contribution is 2.33. The van der Waals surface area contributed by atoms with E-state index < -0.39 is 0 Å². The first-order chi connectivity index (χ1) is 14.4. The van der Waals surface area contributed by atoms with Gasteiger partial charge in [-0.25, -0.2) is 4.98 Å². The highest BCUT2D eigenvalue weighted by Gasteiger charge is 2.15. The van der Waals surface area contributed by atoms with E-state index in [1.807, 2.05) is 0 Å². The molecule has 0 fully saturated rings. The van der Waals surface area contributed by atoms with Crippen molar-refractivity contribution >= 4 is 57.6 Å². The van der Waals surface area contributed by atoms with E-state index in [0.29, 0.717) is 49.2 Å². The number of hydrogen-bond donors (Lipinski definition) is 1. The van der Waals surface area contributed by atoms with Crippen LogP contribution in [-0.2, 0) is 4.79 Å². The molecule has 0 aliphatic rings. The Kier molecular flexibility index (Phi) is 5.81. The largest absolute Gasteiger partial charge is 0.482 e. The molecule has 4 rings (SSSR count). The maximum absolute atomic E-state index is 12.4. The summed E-state index contributed by atoms with van der Waals surface area (Å²) in [6, 6.07) is 11.8. The number of hydrogen-bond acceptors (Lipinski definition) is 5. The predicted octanol–water partition coefficient (Wildman–Crippen LogP) is 6.18. The van der Waals surface area contributed by atoms with Crippen molar-refractivity contribution in [2.45, 2.75) is 6.92 Å². The third-order valence-electron chi connectivity index (χ3n) is 4.19. The molecular formula is C21H14Cl3N3O3. The second-order valence-corrected chi connectivity index (χ2v) is 7.66. The lowest BCUT2D eigenvalue weighted by Gasteiger charge is -2.12. The number of carbonyl (C=O) groups is 1. The lowest BCUT2D eigenvalue weighted by molar-refractivity contribution is -0.118. The fraction of sp³-hybridized carbons (Fsp3) is 0.0952. The van der Waals surface area contributed by atoms with Crippen molar-refractivity contribution in [1.82, 2.24) is 9.97 Å². The van der Waals surface area contributed by atoms with Crippen molar-refractivity contribution in [2.24, 2.45) is 0 Å². The second kappa shape index (κ2) is 8.52. The van der Waals surface area contributed by atoms with Crippen LogP contribution in [0.4, 0.5) is 5.69 Å². The van der Waals surface area contributed by atoms with Crippen LogP contribution in [0.1, 0.15) is 5.56 Å². The van der Waals surface area contributed by atoms with Crippen molar-refractivity contribution in [3.63, 3.8) is 0 Å². The van der Waals surface area contributed by atoms with Gasteiger partial charge >= 0.3 is 0 Å². The van der Waals surface area contributed by atoms with Gasteiger partial charge < -0.3 is 14.5 Å². The SMILES string of the molecule is Cc1cc(Cl)cc(Cl)c1OCC(=O)Nc1ccc(Cl)c(-c2nc3ncccc3o2)c1. The Morgan fingerprint density at radius 2 is 1.97 bits per heavy atom. The summed E-state index contributed by atoms with van der Waals surface area (Å²) in [6.07, 6.45) is 1.63. The van der Waals surface area contributed by atoms with Gasteiger partial charge in [-0.15, -0.1) is 0 Å². The number of halogens is 3. The Labute approximate surface area is 186 Å². The Balaban J connectivity index is 1.50. The van der Waals surface area contributed by atoms with Gasteiger partial charge in [-0.2, -0.15) is 4.98 Å². The number of nitrogens with zero attached hydrogens (tertiary/aromatic N) is 2. The zero-order valence-electron chi connectivity index (χ0n) is 15.6. The van der Waals surface area contributed by atoms with Gasteiger partial charge in [0.25, 0.3) is 5.91 Å². The molecule has 1 amide bonds. The average Bonchev–Trinajstić information content (AvgIpc) is 3.12. The number of oxazole rings is 1. The smallest absolute Gasteiger partial charge is 0.262 e. The van der Waals surface area contributed by atoms with Gasteiger partial charge in [0.05, 0.1) is 15.6 Å². The molecule has 0 saturated carbocycles. The Morgan fingerprint density at radius 1 is 1.13 bits per heavy atom. The summed E-state index contributed by atoms with van der Waals surface area (Å²) < 4.78 is 11.3. The number of aryl methyl sites for hydroxylation is 1. The highest BCUT2D eigenvalue weighted by atomic mass is 35.5. The van der Waals surface area contributed by atoms with Crippen LogP contribution in [0.15, 0.2) is 53.1 Å². The van der Waals surface area contributed by atoms with Crippen molar-refractivity contribution in [2.75, 3.05) is 11.9 Å². The normalized spacial score (nSPS) is 10.9. The van der Waals surface area contributed by atoms with E-state index in [1.54, 1.807) is 55.6 Å². The van der Waals surface area contributed by atoms with Crippen molar-refractivity contribution in [1.29, 1.82) is 0 Å². The minimum atomic E-state index is -0.368. The molecule has 0 atom stereocenters. The van der Waals surface area contributed by atoms with E-state index >= 15 is 0 Å². The zero-order chi connectivity index (χ0) is 21.3. The summed E-state index contributed by atoms with van der Waals surface area (Å²) in [5, 5.41) is 4.02. The predicted molar refractivity (Wildman–Crippen MR) is 118 cm³/mol. The molecule has 2 heterocycles. The van der Waals surface area contributed by atoms with E-state index in [-0.39, 0.29) is 12.5 Å². The van der Waals surface area contributed by atoms with E-state index in [9.17, 15) is 4.79 Å². The average molecular weight is 463 g/mol. The molecule has 9 heteroatoms. The number of amides is 1. The minimum absolute atomic E-state index is 0.229. The highest BCUT2D eigenvalue weighted by molar-refractivity contribution is 6.35. The molecular weight excluding hydrogens is 449 g/mol. The zero-order valence-corrected chi connectivity index (χ0v) is 17.8. The van der Waals surface area contributed by atoms with E-state index in [4.69, 9.17) is 44.0 Å². The molecule has 0 aliphatic heterocycles. The van der Waals surface area contributed by atoms with Crippen LogP contribution >= 0.6 is 34.8 Å². The van der Waals surface area contributed by atoms with Crippen LogP contribution in [0.3, 0.4) is 0 Å². The third kappa shape index (κ3) is 4.36. The van der Waals surface area contributed by atoms with Gasteiger partial charge in [0.2, 0.25) is 5.89 Å². The van der Waals surface area contributed by atoms with E-state index in [0.717, 1.165) is 5.56 Å². The van der Waals surface area contributed by atoms with Gasteiger partial charge in [-0.3, -0.25) is 4.79 Å². The standard InChI is InChI=1S/C21H14Cl3N3O3/c1-11-7-12(22)8-16(24)19(11)29-10-18(28)26-13-4-5-15(23)14(9-13)21-27-20-17(30-21)3-2-6-25-20/h2-9H,10H2,1H3,(H,26,28). The fourth-order valence-electron chi connectivity index (χ4n) is 2.86. The van der Waals surface area contributed by atoms with Crippen LogP contribution in [0.2, 0.25) is 15.1 Å². The van der Waals surface area contributed by atoms with Crippen LogP contribution in [0.5, 0.6) is 5.75 Å². The van der Waals surface area contributed by atoms with Gasteiger partial charge in [0.1, 0.15) is 5.75 Å². The molecule has 0 saturated heterocycles. The second-order valence-electron chi connectivity index (χ2n) is 6.41. The van der Waals surface area contributed by atoms with Gasteiger partial charge in [0.15, 0.2) is 17.8 Å². The lowest BCUT2D eigenvalue weighted by atomic mass is 10.2. The molecule has 30 heavy (non-hydrogen) atoms. The van der Waals surface area contributed by atoms with Crippen molar-refractivity contribution in [3.8, 4) is 17.2 Å². The molecule has 0 bridgehead atoms. The minimum Gasteiger partial charge on any atom is -0.482 e. The van der Waals surface area contributed by atoms with Crippen molar-refractivity contribution in [3.05, 3.63) is 69.3 Å². The number of pyridine rings is 1. The fourth-order valence-corrected chi connectivity index (χ4v) is 3.71. The van der Waals surface area contributed by atoms with Crippen molar-refractivity contribution < 1.29 is 13.9 Å². The number of carbonyl (C=O) groups excluding carboxylic acids is 1. The summed E-state index contributed by atoms with van der Waals surface area (Å²) in [7, 11) is 0. The summed E-state index contributed by atoms with van der Waals surface area (Å²) >= 11 is 18.4. The van der Waals surface area contributed by atoms with Crippen LogP contribution in [0.25, 0.3) is 22.7 Å². The first kappa shape index (κ1) is 20.5. The van der Waals surface area contributed by atoms with Crippen LogP contribution in [-0.4, -0.2) is 22.5 Å². The first-order valence-corrected chi connectivity index (χ1v) is 9.94. The van der Waals surface area contributed by atoms with E-state index in [2.05, 4.69) is 15.3 Å². The van der Waals surface area contributed by atoms with Crippen LogP contribution in [0, 0.1) is 6.92 Å². The maximum atomic E-state index is 12.4. The Morgan fingerprint density at radius 3 is 2.73 bits per heavy atom. The molecule has 0 radical (unpaired) electrons. The number of rotatable bonds is 5. The number of aromatic nitrogens is 2. The number of nitrogens with one attached hydrogen (secondary N) is 1. The summed E-state index contributed by atoms with van der Waals surface area (Å²) in [6.45, 7) is 1.57.